The van der Waals surface area contributed by atoms with Gasteiger partial charge >= 0.3 is 5.97 Å². The Balaban J connectivity index is 4.03. The second-order valence-electron chi connectivity index (χ2n) is 4.54. The molecule has 5 heteroatoms. The Morgan fingerprint density at radius 2 is 1.94 bits per heavy atom. The molecule has 0 fully saturated rings. The molecule has 0 radical (unpaired) electrons. The Morgan fingerprint density at radius 1 is 1.38 bits per heavy atom. The molecule has 1 unspecified atom stereocenters. The van der Waals surface area contributed by atoms with Crippen LogP contribution >= 0.6 is 0 Å². The first-order valence-electron chi connectivity index (χ1n) is 5.57. The topological polar surface area (TPSA) is 78.4 Å². The maximum Gasteiger partial charge on any atom is 0.323 e. The molecule has 0 saturated heterocycles. The Kier molecular flexibility index (Phi) is 6.03. The van der Waals surface area contributed by atoms with Crippen LogP contribution in [0.4, 0.5) is 0 Å². The summed E-state index contributed by atoms with van der Waals surface area (Å²) in [4.78, 5) is 22.3. The fourth-order valence-electron chi connectivity index (χ4n) is 1.01. The highest BCUT2D eigenvalue weighted by molar-refractivity contribution is 5.81. The maximum atomic E-state index is 11.4. The van der Waals surface area contributed by atoms with Crippen molar-refractivity contribution in [3.05, 3.63) is 0 Å². The van der Waals surface area contributed by atoms with Crippen LogP contribution in [0, 0.1) is 5.92 Å². The summed E-state index contributed by atoms with van der Waals surface area (Å²) in [5, 5.41) is 14.4. The van der Waals surface area contributed by atoms with Gasteiger partial charge in [0.25, 0.3) is 0 Å². The summed E-state index contributed by atoms with van der Waals surface area (Å²) < 4.78 is 0. The third-order valence-corrected chi connectivity index (χ3v) is 2.53. The molecule has 0 rings (SSSR count). The van der Waals surface area contributed by atoms with E-state index in [1.165, 1.54) is 0 Å². The highest BCUT2D eigenvalue weighted by Crippen LogP contribution is 2.08. The Labute approximate surface area is 96.6 Å². The zero-order valence-electron chi connectivity index (χ0n) is 10.5. The summed E-state index contributed by atoms with van der Waals surface area (Å²) in [5.74, 6) is -0.720. The molecule has 0 aliphatic rings. The second kappa shape index (κ2) is 6.48. The van der Waals surface area contributed by atoms with E-state index >= 15 is 0 Å². The van der Waals surface area contributed by atoms with Crippen molar-refractivity contribution < 1.29 is 14.7 Å². The Hall–Kier alpha value is -1.10. The monoisotopic (exact) mass is 230 g/mol. The van der Waals surface area contributed by atoms with Crippen LogP contribution in [-0.4, -0.2) is 35.6 Å². The van der Waals surface area contributed by atoms with Crippen molar-refractivity contribution in [3.63, 3.8) is 0 Å². The number of carbonyl (C=O) groups is 2. The normalized spacial score (nSPS) is 14.6. The molecule has 0 heterocycles. The molecule has 0 aromatic heterocycles. The average Bonchev–Trinajstić information content (AvgIpc) is 2.22. The lowest BCUT2D eigenvalue weighted by molar-refractivity contribution is -0.144. The van der Waals surface area contributed by atoms with Gasteiger partial charge in [0.1, 0.15) is 5.54 Å². The predicted octanol–water partition coefficient (Wildman–Crippen LogP) is 0.601. The zero-order valence-corrected chi connectivity index (χ0v) is 10.5. The van der Waals surface area contributed by atoms with Crippen LogP contribution in [0.1, 0.15) is 34.1 Å². The first kappa shape index (κ1) is 14.9. The van der Waals surface area contributed by atoms with Gasteiger partial charge in [-0.25, -0.2) is 0 Å². The molecule has 1 amide bonds. The maximum absolute atomic E-state index is 11.4. The van der Waals surface area contributed by atoms with Gasteiger partial charge in [0, 0.05) is 6.54 Å². The van der Waals surface area contributed by atoms with E-state index < -0.39 is 11.5 Å². The summed E-state index contributed by atoms with van der Waals surface area (Å²) in [6.45, 7) is 7.99. The molecular weight excluding hydrogens is 208 g/mol. The number of amides is 1. The van der Waals surface area contributed by atoms with E-state index in [-0.39, 0.29) is 12.5 Å². The van der Waals surface area contributed by atoms with Gasteiger partial charge in [0.05, 0.1) is 6.54 Å². The van der Waals surface area contributed by atoms with Gasteiger partial charge in [-0.3, -0.25) is 14.9 Å². The van der Waals surface area contributed by atoms with Gasteiger partial charge in [0.15, 0.2) is 0 Å². The molecule has 1 atom stereocenters. The molecule has 0 saturated carbocycles. The first-order chi connectivity index (χ1) is 7.31. The standard InChI is InChI=1S/C11H22N2O3/c1-5-11(4,10(15)16)13-7-9(14)12-6-8(2)3/h8,13H,5-7H2,1-4H3,(H,12,14)(H,15,16). The van der Waals surface area contributed by atoms with Gasteiger partial charge in [-0.1, -0.05) is 20.8 Å². The lowest BCUT2D eigenvalue weighted by Gasteiger charge is -2.24. The third kappa shape index (κ3) is 5.11. The second-order valence-corrected chi connectivity index (χ2v) is 4.54. The van der Waals surface area contributed by atoms with Gasteiger partial charge < -0.3 is 10.4 Å². The smallest absolute Gasteiger partial charge is 0.323 e. The number of carboxylic acid groups (broad SMARTS) is 1. The van der Waals surface area contributed by atoms with Crippen LogP contribution in [0.15, 0.2) is 0 Å². The van der Waals surface area contributed by atoms with Gasteiger partial charge in [0.2, 0.25) is 5.91 Å². The minimum absolute atomic E-state index is 0.0311. The Morgan fingerprint density at radius 3 is 2.31 bits per heavy atom. The van der Waals surface area contributed by atoms with Crippen molar-refractivity contribution >= 4 is 11.9 Å². The van der Waals surface area contributed by atoms with E-state index in [1.54, 1.807) is 13.8 Å². The summed E-state index contributed by atoms with van der Waals surface area (Å²) >= 11 is 0. The molecule has 0 bridgehead atoms. The highest BCUT2D eigenvalue weighted by atomic mass is 16.4. The number of rotatable bonds is 7. The minimum atomic E-state index is -1.03. The fraction of sp³-hybridized carbons (Fsp3) is 0.818. The molecule has 16 heavy (non-hydrogen) atoms. The zero-order chi connectivity index (χ0) is 12.8. The Bertz CT molecular complexity index is 254. The van der Waals surface area contributed by atoms with Crippen LogP contribution < -0.4 is 10.6 Å². The molecule has 3 N–H and O–H groups in total. The van der Waals surface area contributed by atoms with Crippen molar-refractivity contribution in [1.29, 1.82) is 0 Å². The quantitative estimate of drug-likeness (QED) is 0.598. The molecule has 0 spiro atoms. The largest absolute Gasteiger partial charge is 0.480 e. The number of nitrogens with one attached hydrogen (secondary N) is 2. The molecule has 0 aromatic rings. The van der Waals surface area contributed by atoms with Crippen LogP contribution in [-0.2, 0) is 9.59 Å². The molecule has 0 aromatic carbocycles. The average molecular weight is 230 g/mol. The van der Waals surface area contributed by atoms with Crippen LogP contribution in [0.5, 0.6) is 0 Å². The van der Waals surface area contributed by atoms with Crippen LogP contribution in [0.3, 0.4) is 0 Å². The van der Waals surface area contributed by atoms with E-state index in [0.717, 1.165) is 0 Å². The van der Waals surface area contributed by atoms with Crippen LogP contribution in [0.25, 0.3) is 0 Å². The predicted molar refractivity (Wildman–Crippen MR) is 62.2 cm³/mol. The molecule has 0 aliphatic carbocycles. The summed E-state index contributed by atoms with van der Waals surface area (Å²) in [7, 11) is 0. The molecule has 0 aliphatic heterocycles. The van der Waals surface area contributed by atoms with Crippen molar-refractivity contribution in [2.75, 3.05) is 13.1 Å². The van der Waals surface area contributed by atoms with E-state index in [1.807, 2.05) is 13.8 Å². The fourth-order valence-corrected chi connectivity index (χ4v) is 1.01. The van der Waals surface area contributed by atoms with E-state index in [0.29, 0.717) is 18.9 Å². The number of hydrogen-bond donors (Lipinski definition) is 3. The molecule has 5 nitrogen and oxygen atoms in total. The SMILES string of the molecule is CCC(C)(NCC(=O)NCC(C)C)C(=O)O. The third-order valence-electron chi connectivity index (χ3n) is 2.53. The minimum Gasteiger partial charge on any atom is -0.480 e. The summed E-state index contributed by atoms with van der Waals surface area (Å²) in [5.41, 5.74) is -1.03. The number of carboxylic acids is 1. The van der Waals surface area contributed by atoms with Gasteiger partial charge in [-0.15, -0.1) is 0 Å². The van der Waals surface area contributed by atoms with Crippen molar-refractivity contribution in [2.45, 2.75) is 39.7 Å². The van der Waals surface area contributed by atoms with Crippen LogP contribution in [0.2, 0.25) is 0 Å². The van der Waals surface area contributed by atoms with Crippen molar-refractivity contribution in [1.82, 2.24) is 10.6 Å². The van der Waals surface area contributed by atoms with Crippen molar-refractivity contribution in [3.8, 4) is 0 Å². The van der Waals surface area contributed by atoms with E-state index in [9.17, 15) is 9.59 Å². The van der Waals surface area contributed by atoms with Gasteiger partial charge in [-0.2, -0.15) is 0 Å². The molecular formula is C11H22N2O3. The van der Waals surface area contributed by atoms with Crippen molar-refractivity contribution in [2.24, 2.45) is 5.92 Å². The first-order valence-corrected chi connectivity index (χ1v) is 5.57. The number of aliphatic carboxylic acids is 1. The van der Waals surface area contributed by atoms with E-state index in [2.05, 4.69) is 10.6 Å². The lowest BCUT2D eigenvalue weighted by Crippen LogP contribution is -2.52. The number of hydrogen-bond acceptors (Lipinski definition) is 3. The summed E-state index contributed by atoms with van der Waals surface area (Å²) in [6, 6.07) is 0. The van der Waals surface area contributed by atoms with Gasteiger partial charge in [-0.05, 0) is 19.3 Å². The molecule has 94 valence electrons. The van der Waals surface area contributed by atoms with E-state index in [4.69, 9.17) is 5.11 Å². The summed E-state index contributed by atoms with van der Waals surface area (Å²) in [6.07, 6.45) is 0.430. The lowest BCUT2D eigenvalue weighted by atomic mass is 9.99. The highest BCUT2D eigenvalue weighted by Gasteiger charge is 2.30. The number of carbonyl (C=O) groups excluding carboxylic acids is 1.